The highest BCUT2D eigenvalue weighted by Crippen LogP contribution is 2.39. The third kappa shape index (κ3) is 7.84. The van der Waals surface area contributed by atoms with Crippen molar-refractivity contribution in [2.24, 2.45) is 5.92 Å². The van der Waals surface area contributed by atoms with E-state index in [4.69, 9.17) is 0 Å². The number of rotatable bonds is 9. The second-order valence-corrected chi connectivity index (χ2v) is 12.9. The Morgan fingerprint density at radius 2 is 1.80 bits per heavy atom. The van der Waals surface area contributed by atoms with E-state index in [9.17, 15) is 19.6 Å². The van der Waals surface area contributed by atoms with Gasteiger partial charge in [0.1, 0.15) is 16.8 Å². The van der Waals surface area contributed by atoms with E-state index in [1.807, 2.05) is 43.3 Å². The molecule has 1 unspecified atom stereocenters. The summed E-state index contributed by atoms with van der Waals surface area (Å²) in [6.07, 6.45) is 4.50. The Morgan fingerprint density at radius 3 is 2.55 bits per heavy atom. The predicted octanol–water partition coefficient (Wildman–Crippen LogP) is 7.19. The van der Waals surface area contributed by atoms with E-state index in [2.05, 4.69) is 28.9 Å². The standard InChI is InChI=1S/C35H32N4O3S2/c1-22-11-14-24(15-12-22)18-30(38-33(41)25-7-4-3-5-8-25)34(42)37-26-9-6-10-27(19-26)43-21-32(40)39-35-29(20-36)28-16-13-23(2)17-31(28)44-35/h3-12,14-15,18-19,23H,13,16-17,21H2,1-2H3,(H,37,42)(H,38,41)(H,39,40)/b30-18+. The van der Waals surface area contributed by atoms with Gasteiger partial charge in [0.15, 0.2) is 0 Å². The van der Waals surface area contributed by atoms with Crippen molar-refractivity contribution in [3.05, 3.63) is 117 Å². The number of fused-ring (bicyclic) bond motifs is 1. The summed E-state index contributed by atoms with van der Waals surface area (Å²) < 4.78 is 0. The van der Waals surface area contributed by atoms with E-state index >= 15 is 0 Å². The van der Waals surface area contributed by atoms with Gasteiger partial charge in [-0.1, -0.05) is 61.0 Å². The molecule has 44 heavy (non-hydrogen) atoms. The molecule has 0 spiro atoms. The zero-order valence-corrected chi connectivity index (χ0v) is 26.1. The molecular formula is C35H32N4O3S2. The molecule has 3 amide bonds. The minimum absolute atomic E-state index is 0.0986. The lowest BCUT2D eigenvalue weighted by Crippen LogP contribution is -2.30. The molecule has 3 N–H and O–H groups in total. The number of carbonyl (C=O) groups is 3. The van der Waals surface area contributed by atoms with Crippen LogP contribution >= 0.6 is 23.1 Å². The van der Waals surface area contributed by atoms with Crippen molar-refractivity contribution >= 4 is 57.6 Å². The van der Waals surface area contributed by atoms with E-state index in [1.54, 1.807) is 48.5 Å². The molecule has 5 rings (SSSR count). The van der Waals surface area contributed by atoms with Crippen molar-refractivity contribution in [2.45, 2.75) is 38.0 Å². The van der Waals surface area contributed by atoms with Gasteiger partial charge < -0.3 is 16.0 Å². The average molecular weight is 621 g/mol. The van der Waals surface area contributed by atoms with Gasteiger partial charge in [-0.05, 0) is 79.6 Å². The number of nitriles is 1. The van der Waals surface area contributed by atoms with Gasteiger partial charge in [0, 0.05) is 21.0 Å². The first-order chi connectivity index (χ1) is 21.3. The van der Waals surface area contributed by atoms with Crippen molar-refractivity contribution in [3.8, 4) is 6.07 Å². The molecule has 1 aliphatic carbocycles. The van der Waals surface area contributed by atoms with Crippen LogP contribution in [0.3, 0.4) is 0 Å². The third-order valence-corrected chi connectivity index (χ3v) is 9.42. The minimum atomic E-state index is -0.477. The highest BCUT2D eigenvalue weighted by Gasteiger charge is 2.24. The van der Waals surface area contributed by atoms with Gasteiger partial charge >= 0.3 is 0 Å². The van der Waals surface area contributed by atoms with Gasteiger partial charge in [0.05, 0.1) is 11.3 Å². The number of nitrogens with zero attached hydrogens (tertiary/aromatic N) is 1. The zero-order valence-electron chi connectivity index (χ0n) is 24.5. The molecule has 0 radical (unpaired) electrons. The zero-order chi connectivity index (χ0) is 31.1. The molecular weight excluding hydrogens is 589 g/mol. The fraction of sp³-hybridized carbons (Fsp3) is 0.200. The van der Waals surface area contributed by atoms with Crippen LogP contribution in [-0.2, 0) is 22.4 Å². The molecule has 3 aromatic carbocycles. The molecule has 0 saturated heterocycles. The van der Waals surface area contributed by atoms with Crippen LogP contribution in [0.5, 0.6) is 0 Å². The van der Waals surface area contributed by atoms with E-state index in [0.717, 1.165) is 40.8 Å². The number of thiophene rings is 1. The fourth-order valence-electron chi connectivity index (χ4n) is 4.90. The molecule has 0 aliphatic heterocycles. The highest BCUT2D eigenvalue weighted by atomic mass is 32.2. The summed E-state index contributed by atoms with van der Waals surface area (Å²) in [4.78, 5) is 41.1. The van der Waals surface area contributed by atoms with Crippen molar-refractivity contribution in [1.29, 1.82) is 5.26 Å². The Balaban J connectivity index is 1.25. The molecule has 1 aliphatic rings. The van der Waals surface area contributed by atoms with Crippen LogP contribution in [0, 0.1) is 24.2 Å². The van der Waals surface area contributed by atoms with Crippen molar-refractivity contribution < 1.29 is 14.4 Å². The van der Waals surface area contributed by atoms with E-state index in [0.29, 0.717) is 27.7 Å². The third-order valence-electron chi connectivity index (χ3n) is 7.26. The number of hydrogen-bond donors (Lipinski definition) is 3. The second kappa shape index (κ2) is 14.2. The number of hydrogen-bond acceptors (Lipinski definition) is 6. The molecule has 0 saturated carbocycles. The number of nitrogens with one attached hydrogen (secondary N) is 3. The summed E-state index contributed by atoms with van der Waals surface area (Å²) in [5.74, 6) is -0.342. The second-order valence-electron chi connectivity index (χ2n) is 10.8. The topological polar surface area (TPSA) is 111 Å². The number of benzene rings is 3. The van der Waals surface area contributed by atoms with Crippen LogP contribution in [-0.4, -0.2) is 23.5 Å². The summed E-state index contributed by atoms with van der Waals surface area (Å²) in [7, 11) is 0. The predicted molar refractivity (Wildman–Crippen MR) is 178 cm³/mol. The summed E-state index contributed by atoms with van der Waals surface area (Å²) in [5, 5.41) is 18.9. The average Bonchev–Trinajstić information content (AvgIpc) is 3.36. The molecule has 4 aromatic rings. The fourth-order valence-corrected chi connectivity index (χ4v) is 7.03. The molecule has 9 heteroatoms. The quantitative estimate of drug-likeness (QED) is 0.135. The lowest BCUT2D eigenvalue weighted by molar-refractivity contribution is -0.114. The minimum Gasteiger partial charge on any atom is -0.321 e. The highest BCUT2D eigenvalue weighted by molar-refractivity contribution is 8.00. The maximum absolute atomic E-state index is 13.4. The van der Waals surface area contributed by atoms with Crippen molar-refractivity contribution in [2.75, 3.05) is 16.4 Å². The first-order valence-corrected chi connectivity index (χ1v) is 16.1. The monoisotopic (exact) mass is 620 g/mol. The van der Waals surface area contributed by atoms with Crippen LogP contribution in [0.1, 0.15) is 50.8 Å². The largest absolute Gasteiger partial charge is 0.321 e. The van der Waals surface area contributed by atoms with Crippen molar-refractivity contribution in [1.82, 2.24) is 5.32 Å². The summed E-state index contributed by atoms with van der Waals surface area (Å²) in [5.41, 5.74) is 4.58. The summed E-state index contributed by atoms with van der Waals surface area (Å²) in [6, 6.07) is 25.8. The molecule has 0 bridgehead atoms. The lowest BCUT2D eigenvalue weighted by Gasteiger charge is -2.17. The Labute approximate surface area is 265 Å². The van der Waals surface area contributed by atoms with Gasteiger partial charge in [-0.15, -0.1) is 23.1 Å². The maximum atomic E-state index is 13.4. The molecule has 1 aromatic heterocycles. The summed E-state index contributed by atoms with van der Waals surface area (Å²) >= 11 is 2.84. The number of thioether (sulfide) groups is 1. The molecule has 1 heterocycles. The summed E-state index contributed by atoms with van der Waals surface area (Å²) in [6.45, 7) is 4.19. The van der Waals surface area contributed by atoms with Crippen LogP contribution in [0.15, 0.2) is 89.5 Å². The van der Waals surface area contributed by atoms with Gasteiger partial charge in [-0.3, -0.25) is 14.4 Å². The number of carbonyl (C=O) groups excluding carboxylic acids is 3. The molecule has 0 fully saturated rings. The van der Waals surface area contributed by atoms with Crippen molar-refractivity contribution in [3.63, 3.8) is 0 Å². The molecule has 222 valence electrons. The van der Waals surface area contributed by atoms with Crippen LogP contribution in [0.2, 0.25) is 0 Å². The van der Waals surface area contributed by atoms with Crippen LogP contribution < -0.4 is 16.0 Å². The Hall–Kier alpha value is -4.65. The lowest BCUT2D eigenvalue weighted by atomic mass is 9.89. The first-order valence-electron chi connectivity index (χ1n) is 14.3. The number of amides is 3. The van der Waals surface area contributed by atoms with Crippen LogP contribution in [0.4, 0.5) is 10.7 Å². The van der Waals surface area contributed by atoms with Gasteiger partial charge in [0.2, 0.25) is 5.91 Å². The number of anilines is 2. The Bertz CT molecular complexity index is 1750. The van der Waals surface area contributed by atoms with Gasteiger partial charge in [0.25, 0.3) is 11.8 Å². The molecule has 1 atom stereocenters. The van der Waals surface area contributed by atoms with E-state index in [1.165, 1.54) is 28.0 Å². The van der Waals surface area contributed by atoms with E-state index < -0.39 is 11.8 Å². The number of aryl methyl sites for hydroxylation is 1. The smallest absolute Gasteiger partial charge is 0.272 e. The maximum Gasteiger partial charge on any atom is 0.272 e. The SMILES string of the molecule is Cc1ccc(/C=C(/NC(=O)c2ccccc2)C(=O)Nc2cccc(SCC(=O)Nc3sc4c(c3C#N)CCC(C)C4)c2)cc1. The normalized spacial score (nSPS) is 14.2. The Morgan fingerprint density at radius 1 is 1.02 bits per heavy atom. The van der Waals surface area contributed by atoms with Gasteiger partial charge in [-0.2, -0.15) is 5.26 Å². The molecule has 7 nitrogen and oxygen atoms in total. The van der Waals surface area contributed by atoms with Gasteiger partial charge in [-0.25, -0.2) is 0 Å². The van der Waals surface area contributed by atoms with E-state index in [-0.39, 0.29) is 17.4 Å². The van der Waals surface area contributed by atoms with Crippen LogP contribution in [0.25, 0.3) is 6.08 Å². The Kier molecular flexibility index (Phi) is 9.95. The first kappa shape index (κ1) is 30.8.